The van der Waals surface area contributed by atoms with E-state index >= 15 is 0 Å². The van der Waals surface area contributed by atoms with E-state index in [2.05, 4.69) is 12.1 Å². The lowest BCUT2D eigenvalue weighted by atomic mass is 10.1. The predicted molar refractivity (Wildman–Crippen MR) is 79.3 cm³/mol. The Morgan fingerprint density at radius 3 is 2.30 bits per heavy atom. The van der Waals surface area contributed by atoms with Crippen molar-refractivity contribution in [1.29, 1.82) is 0 Å². The number of aryl methyl sites for hydroxylation is 3. The lowest BCUT2D eigenvalue weighted by molar-refractivity contribution is 0.295. The molecular weight excluding hydrogens is 253 g/mol. The number of hydrogen-bond donors (Lipinski definition) is 1. The van der Waals surface area contributed by atoms with Gasteiger partial charge in [0.05, 0.1) is 0 Å². The van der Waals surface area contributed by atoms with Gasteiger partial charge in [-0.25, -0.2) is 4.39 Å². The van der Waals surface area contributed by atoms with Gasteiger partial charge in [0.2, 0.25) is 0 Å². The molecule has 0 unspecified atom stereocenters. The van der Waals surface area contributed by atoms with E-state index in [-0.39, 0.29) is 12.4 Å². The highest BCUT2D eigenvalue weighted by atomic mass is 19.1. The first-order valence-electron chi connectivity index (χ1n) is 6.69. The highest BCUT2D eigenvalue weighted by Gasteiger charge is 2.08. The fourth-order valence-electron chi connectivity index (χ4n) is 2.41. The maximum absolute atomic E-state index is 13.8. The zero-order chi connectivity index (χ0) is 14.7. The fraction of sp³-hybridized carbons (Fsp3) is 0.294. The highest BCUT2D eigenvalue weighted by Crippen LogP contribution is 2.26. The van der Waals surface area contributed by atoms with Crippen LogP contribution in [0.3, 0.4) is 0 Å². The van der Waals surface area contributed by atoms with E-state index < -0.39 is 0 Å². The molecule has 0 atom stereocenters. The maximum atomic E-state index is 13.8. The van der Waals surface area contributed by atoms with Gasteiger partial charge in [-0.3, -0.25) is 0 Å². The fourth-order valence-corrected chi connectivity index (χ4v) is 2.41. The van der Waals surface area contributed by atoms with Crippen LogP contribution in [0, 0.1) is 26.6 Å². The van der Waals surface area contributed by atoms with Crippen LogP contribution in [0.5, 0.6) is 5.75 Å². The van der Waals surface area contributed by atoms with Crippen LogP contribution in [0.2, 0.25) is 0 Å². The van der Waals surface area contributed by atoms with Crippen LogP contribution in [-0.2, 0) is 13.2 Å². The highest BCUT2D eigenvalue weighted by molar-refractivity contribution is 5.43. The molecule has 0 spiro atoms. The third-order valence-corrected chi connectivity index (χ3v) is 3.32. The maximum Gasteiger partial charge on any atom is 0.129 e. The molecule has 0 radical (unpaired) electrons. The van der Waals surface area contributed by atoms with Gasteiger partial charge in [0, 0.05) is 12.1 Å². The van der Waals surface area contributed by atoms with Crippen LogP contribution < -0.4 is 10.5 Å². The van der Waals surface area contributed by atoms with Gasteiger partial charge in [-0.05, 0) is 49.6 Å². The van der Waals surface area contributed by atoms with E-state index in [9.17, 15) is 4.39 Å². The molecule has 2 aromatic rings. The van der Waals surface area contributed by atoms with Gasteiger partial charge in [-0.15, -0.1) is 0 Å². The summed E-state index contributed by atoms with van der Waals surface area (Å²) in [5.74, 6) is 0.567. The van der Waals surface area contributed by atoms with Crippen molar-refractivity contribution < 1.29 is 9.13 Å². The number of ether oxygens (including phenoxy) is 1. The van der Waals surface area contributed by atoms with E-state index in [1.165, 1.54) is 11.6 Å². The van der Waals surface area contributed by atoms with E-state index in [4.69, 9.17) is 10.5 Å². The molecule has 0 amide bonds. The Hall–Kier alpha value is -1.87. The van der Waals surface area contributed by atoms with Crippen molar-refractivity contribution in [2.75, 3.05) is 0 Å². The lowest BCUT2D eigenvalue weighted by Crippen LogP contribution is -2.04. The third-order valence-electron chi connectivity index (χ3n) is 3.32. The van der Waals surface area contributed by atoms with Gasteiger partial charge in [-0.2, -0.15) is 0 Å². The second-order valence-electron chi connectivity index (χ2n) is 5.15. The summed E-state index contributed by atoms with van der Waals surface area (Å²) in [5, 5.41) is 0. The molecule has 106 valence electrons. The van der Waals surface area contributed by atoms with E-state index in [1.54, 1.807) is 12.1 Å². The summed E-state index contributed by atoms with van der Waals surface area (Å²) in [7, 11) is 0. The van der Waals surface area contributed by atoms with Crippen molar-refractivity contribution in [2.24, 2.45) is 5.73 Å². The van der Waals surface area contributed by atoms with Crippen LogP contribution in [0.4, 0.5) is 4.39 Å². The molecule has 0 heterocycles. The van der Waals surface area contributed by atoms with E-state index in [1.807, 2.05) is 20.8 Å². The smallest absolute Gasteiger partial charge is 0.129 e. The number of halogens is 1. The summed E-state index contributed by atoms with van der Waals surface area (Å²) >= 11 is 0. The topological polar surface area (TPSA) is 35.2 Å². The molecule has 3 heteroatoms. The van der Waals surface area contributed by atoms with Crippen LogP contribution in [0.25, 0.3) is 0 Å². The summed E-state index contributed by atoms with van der Waals surface area (Å²) in [6, 6.07) is 9.02. The molecule has 0 aliphatic rings. The molecule has 0 bridgehead atoms. The molecule has 2 rings (SSSR count). The largest absolute Gasteiger partial charge is 0.488 e. The van der Waals surface area contributed by atoms with Crippen molar-refractivity contribution in [2.45, 2.75) is 33.9 Å². The molecule has 0 aliphatic carbocycles. The van der Waals surface area contributed by atoms with E-state index in [0.29, 0.717) is 12.1 Å². The molecular formula is C17H20FNO. The average Bonchev–Trinajstić information content (AvgIpc) is 2.39. The SMILES string of the molecule is Cc1cc(C)c(OCc2cc(CN)ccc2F)c(C)c1. The van der Waals surface area contributed by atoms with E-state index in [0.717, 1.165) is 22.4 Å². The van der Waals surface area contributed by atoms with Crippen LogP contribution in [0.15, 0.2) is 30.3 Å². The number of nitrogens with two attached hydrogens (primary N) is 1. The van der Waals surface area contributed by atoms with Gasteiger partial charge < -0.3 is 10.5 Å². The summed E-state index contributed by atoms with van der Waals surface area (Å²) in [6.07, 6.45) is 0. The Morgan fingerprint density at radius 1 is 1.05 bits per heavy atom. The Labute approximate surface area is 119 Å². The van der Waals surface area contributed by atoms with Crippen molar-refractivity contribution in [3.63, 3.8) is 0 Å². The standard InChI is InChI=1S/C17H20FNO/c1-11-6-12(2)17(13(3)7-11)20-10-15-8-14(9-19)4-5-16(15)18/h4-8H,9-10,19H2,1-3H3. The lowest BCUT2D eigenvalue weighted by Gasteiger charge is -2.14. The molecule has 2 nitrogen and oxygen atoms in total. The molecule has 0 aromatic heterocycles. The summed E-state index contributed by atoms with van der Waals surface area (Å²) < 4.78 is 19.6. The Kier molecular flexibility index (Phi) is 4.40. The van der Waals surface area contributed by atoms with Gasteiger partial charge >= 0.3 is 0 Å². The van der Waals surface area contributed by atoms with Gasteiger partial charge in [0.1, 0.15) is 18.2 Å². The Morgan fingerprint density at radius 2 is 1.70 bits per heavy atom. The van der Waals surface area contributed by atoms with Gasteiger partial charge in [0.25, 0.3) is 0 Å². The minimum absolute atomic E-state index is 0.213. The van der Waals surface area contributed by atoms with Crippen molar-refractivity contribution in [3.8, 4) is 5.75 Å². The molecule has 0 fully saturated rings. The summed E-state index contributed by atoms with van der Waals surface area (Å²) in [4.78, 5) is 0. The third kappa shape index (κ3) is 3.17. The zero-order valence-electron chi connectivity index (χ0n) is 12.2. The van der Waals surface area contributed by atoms with Crippen molar-refractivity contribution >= 4 is 0 Å². The average molecular weight is 273 g/mol. The summed E-state index contributed by atoms with van der Waals surface area (Å²) in [5.41, 5.74) is 10.3. The number of rotatable bonds is 4. The first-order valence-corrected chi connectivity index (χ1v) is 6.69. The van der Waals surface area contributed by atoms with Crippen molar-refractivity contribution in [1.82, 2.24) is 0 Å². The Balaban J connectivity index is 2.21. The first-order chi connectivity index (χ1) is 9.51. The zero-order valence-corrected chi connectivity index (χ0v) is 12.2. The van der Waals surface area contributed by atoms with Gasteiger partial charge in [-0.1, -0.05) is 23.8 Å². The second kappa shape index (κ2) is 6.06. The second-order valence-corrected chi connectivity index (χ2v) is 5.15. The quantitative estimate of drug-likeness (QED) is 0.920. The molecule has 0 aliphatic heterocycles. The number of benzene rings is 2. The Bertz CT molecular complexity index is 599. The predicted octanol–water partition coefficient (Wildman–Crippen LogP) is 3.79. The van der Waals surface area contributed by atoms with Gasteiger partial charge in [0.15, 0.2) is 0 Å². The van der Waals surface area contributed by atoms with Crippen LogP contribution in [0.1, 0.15) is 27.8 Å². The molecule has 2 N–H and O–H groups in total. The minimum atomic E-state index is -0.260. The molecule has 0 saturated carbocycles. The van der Waals surface area contributed by atoms with Crippen LogP contribution in [-0.4, -0.2) is 0 Å². The first kappa shape index (κ1) is 14.5. The monoisotopic (exact) mass is 273 g/mol. The van der Waals surface area contributed by atoms with Crippen molar-refractivity contribution in [3.05, 3.63) is 64.0 Å². The molecule has 2 aromatic carbocycles. The minimum Gasteiger partial charge on any atom is -0.488 e. The van der Waals surface area contributed by atoms with Crippen LogP contribution >= 0.6 is 0 Å². The summed E-state index contributed by atoms with van der Waals surface area (Å²) in [6.45, 7) is 6.67. The number of hydrogen-bond acceptors (Lipinski definition) is 2. The normalized spacial score (nSPS) is 10.7. The molecule has 0 saturated heterocycles. The molecule has 20 heavy (non-hydrogen) atoms.